The number of nitrogens with zero attached hydrogens (tertiary/aromatic N) is 3. The maximum atomic E-state index is 12.9. The van der Waals surface area contributed by atoms with Crippen molar-refractivity contribution in [1.82, 2.24) is 9.59 Å². The quantitative estimate of drug-likeness (QED) is 0.941. The van der Waals surface area contributed by atoms with Gasteiger partial charge in [-0.2, -0.15) is 0 Å². The molecule has 0 saturated heterocycles. The van der Waals surface area contributed by atoms with E-state index >= 15 is 0 Å². The van der Waals surface area contributed by atoms with Gasteiger partial charge >= 0.3 is 0 Å². The van der Waals surface area contributed by atoms with Crippen LogP contribution < -0.4 is 10.6 Å². The number of aryl methyl sites for hydroxylation is 1. The Balaban J connectivity index is 1.96. The van der Waals surface area contributed by atoms with Crippen LogP contribution in [-0.4, -0.2) is 28.1 Å². The standard InChI is InChI=1S/C15H18N4OS/c1-2-5-12-14(21-18-17-12)15(20)19-9-11(16)8-10-6-3-4-7-13(10)19/h3-4,6-7,11H,2,5,8-9,16H2,1H3. The number of nitrogens with two attached hydrogens (primary N) is 1. The second-order valence-corrected chi connectivity index (χ2v) is 6.06. The minimum absolute atomic E-state index is 0.0284. The summed E-state index contributed by atoms with van der Waals surface area (Å²) in [5, 5.41) is 4.09. The highest BCUT2D eigenvalue weighted by Crippen LogP contribution is 2.29. The van der Waals surface area contributed by atoms with Crippen LogP contribution in [0.15, 0.2) is 24.3 Å². The summed E-state index contributed by atoms with van der Waals surface area (Å²) in [6, 6.07) is 7.92. The number of amides is 1. The molecule has 1 atom stereocenters. The lowest BCUT2D eigenvalue weighted by atomic mass is 9.98. The van der Waals surface area contributed by atoms with E-state index in [-0.39, 0.29) is 11.9 Å². The maximum Gasteiger partial charge on any atom is 0.271 e. The molecule has 2 N–H and O–H groups in total. The summed E-state index contributed by atoms with van der Waals surface area (Å²) in [6.07, 6.45) is 2.53. The molecule has 0 spiro atoms. The van der Waals surface area contributed by atoms with Crippen LogP contribution >= 0.6 is 11.5 Å². The van der Waals surface area contributed by atoms with Crippen LogP contribution in [0.3, 0.4) is 0 Å². The lowest BCUT2D eigenvalue weighted by Gasteiger charge is -2.32. The van der Waals surface area contributed by atoms with Gasteiger partial charge in [-0.1, -0.05) is 36.0 Å². The molecule has 0 radical (unpaired) electrons. The van der Waals surface area contributed by atoms with Crippen LogP contribution in [0, 0.1) is 0 Å². The number of fused-ring (bicyclic) bond motifs is 1. The Labute approximate surface area is 127 Å². The Bertz CT molecular complexity index is 655. The molecule has 1 unspecified atom stereocenters. The first kappa shape index (κ1) is 14.2. The molecule has 6 heteroatoms. The minimum atomic E-state index is -0.0314. The van der Waals surface area contributed by atoms with Crippen molar-refractivity contribution in [1.29, 1.82) is 0 Å². The van der Waals surface area contributed by atoms with E-state index in [1.54, 1.807) is 4.90 Å². The molecule has 3 rings (SSSR count). The molecule has 0 fully saturated rings. The van der Waals surface area contributed by atoms with E-state index in [9.17, 15) is 4.79 Å². The third-order valence-corrected chi connectivity index (χ3v) is 4.42. The van der Waals surface area contributed by atoms with Crippen LogP contribution in [0.4, 0.5) is 5.69 Å². The smallest absolute Gasteiger partial charge is 0.271 e. The Morgan fingerprint density at radius 1 is 1.48 bits per heavy atom. The fourth-order valence-corrected chi connectivity index (χ4v) is 3.37. The first-order valence-electron chi connectivity index (χ1n) is 7.17. The number of anilines is 1. The van der Waals surface area contributed by atoms with Gasteiger partial charge in [0.05, 0.1) is 5.69 Å². The summed E-state index contributed by atoms with van der Waals surface area (Å²) in [4.78, 5) is 15.3. The number of aromatic nitrogens is 2. The fraction of sp³-hybridized carbons (Fsp3) is 0.400. The second-order valence-electron chi connectivity index (χ2n) is 5.31. The second kappa shape index (κ2) is 5.91. The van der Waals surface area contributed by atoms with Crippen molar-refractivity contribution in [3.05, 3.63) is 40.4 Å². The maximum absolute atomic E-state index is 12.9. The van der Waals surface area contributed by atoms with Crippen molar-refractivity contribution >= 4 is 23.1 Å². The first-order valence-corrected chi connectivity index (χ1v) is 7.94. The number of para-hydroxylation sites is 1. The average molecular weight is 302 g/mol. The van der Waals surface area contributed by atoms with Crippen LogP contribution in [-0.2, 0) is 12.8 Å². The van der Waals surface area contributed by atoms with Crippen molar-refractivity contribution in [2.75, 3.05) is 11.4 Å². The first-order chi connectivity index (χ1) is 10.2. The zero-order valence-electron chi connectivity index (χ0n) is 12.0. The van der Waals surface area contributed by atoms with Gasteiger partial charge in [0.1, 0.15) is 4.88 Å². The van der Waals surface area contributed by atoms with Crippen molar-refractivity contribution in [3.8, 4) is 0 Å². The van der Waals surface area contributed by atoms with Gasteiger partial charge in [-0.25, -0.2) is 0 Å². The van der Waals surface area contributed by atoms with Gasteiger partial charge in [-0.05, 0) is 36.0 Å². The highest BCUT2D eigenvalue weighted by atomic mass is 32.1. The zero-order chi connectivity index (χ0) is 14.8. The summed E-state index contributed by atoms with van der Waals surface area (Å²) < 4.78 is 3.94. The Kier molecular flexibility index (Phi) is 3.98. The zero-order valence-corrected chi connectivity index (χ0v) is 12.8. The molecule has 2 aromatic rings. The molecule has 0 saturated carbocycles. The number of carbonyl (C=O) groups excluding carboxylic acids is 1. The van der Waals surface area contributed by atoms with Crippen LogP contribution in [0.2, 0.25) is 0 Å². The molecule has 5 nitrogen and oxygen atoms in total. The fourth-order valence-electron chi connectivity index (χ4n) is 2.71. The molecule has 1 aliphatic rings. The van der Waals surface area contributed by atoms with E-state index in [1.807, 2.05) is 24.3 Å². The summed E-state index contributed by atoms with van der Waals surface area (Å²) in [6.45, 7) is 2.61. The Morgan fingerprint density at radius 3 is 3.10 bits per heavy atom. The number of carbonyl (C=O) groups is 1. The lowest BCUT2D eigenvalue weighted by molar-refractivity contribution is 0.0986. The summed E-state index contributed by atoms with van der Waals surface area (Å²) >= 11 is 1.17. The van der Waals surface area contributed by atoms with E-state index in [1.165, 1.54) is 11.5 Å². The third kappa shape index (κ3) is 2.69. The average Bonchev–Trinajstić information content (AvgIpc) is 2.94. The van der Waals surface area contributed by atoms with Gasteiger partial charge in [-0.15, -0.1) is 5.10 Å². The summed E-state index contributed by atoms with van der Waals surface area (Å²) in [5.41, 5.74) is 8.98. The highest BCUT2D eigenvalue weighted by Gasteiger charge is 2.29. The van der Waals surface area contributed by atoms with Gasteiger partial charge in [-0.3, -0.25) is 4.79 Å². The molecule has 1 aliphatic heterocycles. The predicted molar refractivity (Wildman–Crippen MR) is 83.7 cm³/mol. The van der Waals surface area contributed by atoms with Crippen molar-refractivity contribution < 1.29 is 4.79 Å². The molecular formula is C15H18N4OS. The molecule has 2 heterocycles. The number of hydrogen-bond donors (Lipinski definition) is 1. The van der Waals surface area contributed by atoms with Gasteiger partial charge < -0.3 is 10.6 Å². The molecule has 21 heavy (non-hydrogen) atoms. The number of benzene rings is 1. The van der Waals surface area contributed by atoms with Crippen molar-refractivity contribution in [2.45, 2.75) is 32.2 Å². The molecule has 1 aromatic heterocycles. The normalized spacial score (nSPS) is 17.6. The molecule has 0 bridgehead atoms. The van der Waals surface area contributed by atoms with Crippen LogP contribution in [0.5, 0.6) is 0 Å². The number of hydrogen-bond acceptors (Lipinski definition) is 5. The van der Waals surface area contributed by atoms with Gasteiger partial charge in [0.15, 0.2) is 0 Å². The largest absolute Gasteiger partial charge is 0.326 e. The molecule has 110 valence electrons. The molecular weight excluding hydrogens is 284 g/mol. The molecule has 0 aliphatic carbocycles. The number of rotatable bonds is 3. The van der Waals surface area contributed by atoms with E-state index in [2.05, 4.69) is 16.5 Å². The van der Waals surface area contributed by atoms with Gasteiger partial charge in [0.25, 0.3) is 5.91 Å². The monoisotopic (exact) mass is 302 g/mol. The van der Waals surface area contributed by atoms with E-state index < -0.39 is 0 Å². The summed E-state index contributed by atoms with van der Waals surface area (Å²) in [7, 11) is 0. The lowest BCUT2D eigenvalue weighted by Crippen LogP contribution is -2.46. The van der Waals surface area contributed by atoms with Crippen molar-refractivity contribution in [2.24, 2.45) is 5.73 Å². The SMILES string of the molecule is CCCc1nnsc1C(=O)N1CC(N)Cc2ccccc21. The van der Waals surface area contributed by atoms with Crippen LogP contribution in [0.25, 0.3) is 0 Å². The predicted octanol–water partition coefficient (Wildman–Crippen LogP) is 2.02. The Hall–Kier alpha value is -1.79. The van der Waals surface area contributed by atoms with Gasteiger partial charge in [0.2, 0.25) is 0 Å². The summed E-state index contributed by atoms with van der Waals surface area (Å²) in [5.74, 6) is -0.0314. The van der Waals surface area contributed by atoms with Gasteiger partial charge in [0, 0.05) is 18.3 Å². The Morgan fingerprint density at radius 2 is 2.29 bits per heavy atom. The van der Waals surface area contributed by atoms with E-state index in [0.717, 1.165) is 36.2 Å². The van der Waals surface area contributed by atoms with E-state index in [4.69, 9.17) is 5.73 Å². The van der Waals surface area contributed by atoms with Crippen molar-refractivity contribution in [3.63, 3.8) is 0 Å². The highest BCUT2D eigenvalue weighted by molar-refractivity contribution is 7.08. The minimum Gasteiger partial charge on any atom is -0.326 e. The molecule has 1 aromatic carbocycles. The van der Waals surface area contributed by atoms with Crippen LogP contribution in [0.1, 0.15) is 34.3 Å². The topological polar surface area (TPSA) is 72.1 Å². The van der Waals surface area contributed by atoms with E-state index in [0.29, 0.717) is 11.4 Å². The third-order valence-electron chi connectivity index (χ3n) is 3.66. The molecule has 1 amide bonds.